The molecule has 0 bridgehead atoms. The van der Waals surface area contributed by atoms with Crippen LogP contribution < -0.4 is 11.0 Å². The standard InChI is InChI=1S/C22H22N6O3/c1-27-12-19(25-26-27)15-10-16(15)21-17(22(30)31-2)11-23-28(21)20-8-4-7-18(24-20)13-5-3-6-14(29)9-13/h3-9,11-12,15-16,25-26,29H,10H2,1-2H3/t15-,16-/m1/s1. The van der Waals surface area contributed by atoms with Crippen molar-refractivity contribution in [3.8, 4) is 22.8 Å². The molecule has 0 amide bonds. The lowest BCUT2D eigenvalue weighted by molar-refractivity contribution is 0.0599. The fourth-order valence-electron chi connectivity index (χ4n) is 3.99. The maximum atomic E-state index is 12.4. The van der Waals surface area contributed by atoms with Gasteiger partial charge < -0.3 is 15.3 Å². The molecule has 1 saturated carbocycles. The van der Waals surface area contributed by atoms with Crippen molar-refractivity contribution in [1.29, 1.82) is 0 Å². The first-order valence-electron chi connectivity index (χ1n) is 9.94. The zero-order chi connectivity index (χ0) is 21.5. The number of pyridine rings is 1. The molecule has 9 nitrogen and oxygen atoms in total. The molecular weight excluding hydrogens is 396 g/mol. The molecule has 3 aromatic rings. The molecule has 2 atom stereocenters. The molecule has 1 aliphatic carbocycles. The molecule has 0 unspecified atom stereocenters. The Bertz CT molecular complexity index is 1190. The lowest BCUT2D eigenvalue weighted by atomic mass is 10.1. The van der Waals surface area contributed by atoms with Crippen LogP contribution in [0, 0.1) is 5.92 Å². The molecule has 1 aliphatic heterocycles. The normalized spacial score (nSPS) is 19.7. The first-order chi connectivity index (χ1) is 15.0. The Labute approximate surface area is 178 Å². The van der Waals surface area contributed by atoms with Crippen LogP contribution in [-0.4, -0.2) is 45.0 Å². The molecule has 9 heteroatoms. The van der Waals surface area contributed by atoms with E-state index in [4.69, 9.17) is 9.72 Å². The number of carbonyl (C=O) groups is 1. The van der Waals surface area contributed by atoms with Gasteiger partial charge in [0.2, 0.25) is 0 Å². The summed E-state index contributed by atoms with van der Waals surface area (Å²) < 4.78 is 6.71. The predicted octanol–water partition coefficient (Wildman–Crippen LogP) is 2.33. The van der Waals surface area contributed by atoms with Crippen molar-refractivity contribution in [2.24, 2.45) is 5.92 Å². The Morgan fingerprint density at radius 3 is 2.81 bits per heavy atom. The molecule has 0 saturated heterocycles. The summed E-state index contributed by atoms with van der Waals surface area (Å²) in [7, 11) is 3.28. The Kier molecular flexibility index (Phi) is 4.59. The minimum Gasteiger partial charge on any atom is -0.508 e. The predicted molar refractivity (Wildman–Crippen MR) is 113 cm³/mol. The number of phenols is 1. The van der Waals surface area contributed by atoms with E-state index in [-0.39, 0.29) is 17.6 Å². The number of aromatic hydroxyl groups is 1. The fraction of sp³-hybridized carbons (Fsp3) is 0.227. The van der Waals surface area contributed by atoms with Crippen LogP contribution in [0.25, 0.3) is 17.1 Å². The number of aromatic nitrogens is 3. The lowest BCUT2D eigenvalue weighted by Gasteiger charge is -2.11. The maximum absolute atomic E-state index is 12.4. The molecule has 3 N–H and O–H groups in total. The van der Waals surface area contributed by atoms with Gasteiger partial charge in [-0.15, -0.1) is 5.53 Å². The van der Waals surface area contributed by atoms with Gasteiger partial charge in [-0.2, -0.15) is 5.10 Å². The summed E-state index contributed by atoms with van der Waals surface area (Å²) in [5, 5.41) is 16.1. The van der Waals surface area contributed by atoms with Crippen LogP contribution in [-0.2, 0) is 4.74 Å². The molecule has 158 valence electrons. The molecule has 1 aromatic carbocycles. The van der Waals surface area contributed by atoms with Gasteiger partial charge in [0.25, 0.3) is 0 Å². The number of rotatable bonds is 5. The van der Waals surface area contributed by atoms with Gasteiger partial charge in [0.05, 0.1) is 24.7 Å². The van der Waals surface area contributed by atoms with Gasteiger partial charge in [-0.3, -0.25) is 5.01 Å². The van der Waals surface area contributed by atoms with Crippen molar-refractivity contribution in [2.45, 2.75) is 12.3 Å². The minimum absolute atomic E-state index is 0.106. The number of hydrogen-bond acceptors (Lipinski definition) is 8. The number of hydrazine groups is 2. The maximum Gasteiger partial charge on any atom is 0.341 e. The van der Waals surface area contributed by atoms with Crippen LogP contribution in [0.1, 0.15) is 28.4 Å². The summed E-state index contributed by atoms with van der Waals surface area (Å²) in [5.41, 5.74) is 9.99. The average molecular weight is 418 g/mol. The molecular formula is C22H22N6O3. The summed E-state index contributed by atoms with van der Waals surface area (Å²) in [6.45, 7) is 0. The van der Waals surface area contributed by atoms with Crippen molar-refractivity contribution in [1.82, 2.24) is 30.7 Å². The van der Waals surface area contributed by atoms with Crippen LogP contribution in [0.2, 0.25) is 0 Å². The van der Waals surface area contributed by atoms with Gasteiger partial charge in [0.15, 0.2) is 5.82 Å². The third-order valence-corrected chi connectivity index (χ3v) is 5.56. The Balaban J connectivity index is 1.55. The molecule has 31 heavy (non-hydrogen) atoms. The van der Waals surface area contributed by atoms with E-state index in [0.29, 0.717) is 17.1 Å². The van der Waals surface area contributed by atoms with Gasteiger partial charge in [-0.1, -0.05) is 18.2 Å². The molecule has 0 spiro atoms. The smallest absolute Gasteiger partial charge is 0.341 e. The summed E-state index contributed by atoms with van der Waals surface area (Å²) in [6, 6.07) is 12.5. The van der Waals surface area contributed by atoms with Gasteiger partial charge >= 0.3 is 5.97 Å². The van der Waals surface area contributed by atoms with Crippen molar-refractivity contribution in [3.05, 3.63) is 71.8 Å². The molecule has 3 heterocycles. The van der Waals surface area contributed by atoms with Crippen LogP contribution in [0.3, 0.4) is 0 Å². The molecule has 2 aliphatic rings. The van der Waals surface area contributed by atoms with Crippen molar-refractivity contribution < 1.29 is 14.6 Å². The van der Waals surface area contributed by atoms with Gasteiger partial charge in [-0.25, -0.2) is 14.5 Å². The SMILES string of the molecule is COC(=O)c1cnn(-c2cccc(-c3cccc(O)c3)n2)c1[C@@H]1C[C@H]1C1=CN(C)NN1. The first-order valence-corrected chi connectivity index (χ1v) is 9.94. The summed E-state index contributed by atoms with van der Waals surface area (Å²) in [6.07, 6.45) is 4.43. The Morgan fingerprint density at radius 2 is 2.06 bits per heavy atom. The van der Waals surface area contributed by atoms with Crippen molar-refractivity contribution in [2.75, 3.05) is 14.2 Å². The number of nitrogens with zero attached hydrogens (tertiary/aromatic N) is 4. The van der Waals surface area contributed by atoms with Gasteiger partial charge in [0.1, 0.15) is 11.3 Å². The number of carbonyl (C=O) groups excluding carboxylic acids is 1. The zero-order valence-corrected chi connectivity index (χ0v) is 17.1. The minimum atomic E-state index is -0.417. The Morgan fingerprint density at radius 1 is 1.23 bits per heavy atom. The fourth-order valence-corrected chi connectivity index (χ4v) is 3.99. The number of phenolic OH excluding ortho intramolecular Hbond substituents is 1. The zero-order valence-electron chi connectivity index (χ0n) is 17.1. The van der Waals surface area contributed by atoms with Crippen LogP contribution >= 0.6 is 0 Å². The summed E-state index contributed by atoms with van der Waals surface area (Å²) in [5.74, 6) is 0.703. The Hall–Kier alpha value is -3.85. The monoisotopic (exact) mass is 418 g/mol. The summed E-state index contributed by atoms with van der Waals surface area (Å²) >= 11 is 0. The number of ether oxygens (including phenoxy) is 1. The van der Waals surface area contributed by atoms with Gasteiger partial charge in [-0.05, 0) is 30.7 Å². The van der Waals surface area contributed by atoms with E-state index in [1.54, 1.807) is 29.1 Å². The van der Waals surface area contributed by atoms with Crippen molar-refractivity contribution in [3.63, 3.8) is 0 Å². The summed E-state index contributed by atoms with van der Waals surface area (Å²) in [4.78, 5) is 17.2. The second kappa shape index (κ2) is 7.44. The molecule has 0 radical (unpaired) electrons. The van der Waals surface area contributed by atoms with E-state index < -0.39 is 5.97 Å². The number of nitrogens with one attached hydrogen (secondary N) is 2. The van der Waals surface area contributed by atoms with Crippen LogP contribution in [0.5, 0.6) is 5.75 Å². The molecule has 2 aromatic heterocycles. The number of hydrogen-bond donors (Lipinski definition) is 3. The lowest BCUT2D eigenvalue weighted by Crippen LogP contribution is -2.33. The third-order valence-electron chi connectivity index (χ3n) is 5.56. The highest BCUT2D eigenvalue weighted by Crippen LogP contribution is 2.52. The van der Waals surface area contributed by atoms with E-state index in [2.05, 4.69) is 16.1 Å². The average Bonchev–Trinajstić information content (AvgIpc) is 3.23. The van der Waals surface area contributed by atoms with Gasteiger partial charge in [0, 0.05) is 36.3 Å². The van der Waals surface area contributed by atoms with Crippen LogP contribution in [0.15, 0.2) is 60.6 Å². The van der Waals surface area contributed by atoms with E-state index >= 15 is 0 Å². The van der Waals surface area contributed by atoms with E-state index in [1.165, 1.54) is 7.11 Å². The highest BCUT2D eigenvalue weighted by molar-refractivity contribution is 5.91. The second-order valence-corrected chi connectivity index (χ2v) is 7.66. The van der Waals surface area contributed by atoms with E-state index in [1.807, 2.05) is 42.5 Å². The molecule has 1 fully saturated rings. The number of methoxy groups -OCH3 is 1. The number of allylic oxidation sites excluding steroid dienone is 1. The van der Waals surface area contributed by atoms with Crippen molar-refractivity contribution >= 4 is 5.97 Å². The number of benzene rings is 1. The van der Waals surface area contributed by atoms with E-state index in [0.717, 1.165) is 23.4 Å². The second-order valence-electron chi connectivity index (χ2n) is 7.66. The largest absolute Gasteiger partial charge is 0.508 e. The molecule has 5 rings (SSSR count). The van der Waals surface area contributed by atoms with Crippen LogP contribution in [0.4, 0.5) is 0 Å². The highest BCUT2D eigenvalue weighted by Gasteiger charge is 2.46. The quantitative estimate of drug-likeness (QED) is 0.543. The number of esters is 1. The highest BCUT2D eigenvalue weighted by atomic mass is 16.5. The first kappa shape index (κ1) is 19.1. The third kappa shape index (κ3) is 3.49. The van der Waals surface area contributed by atoms with E-state index in [9.17, 15) is 9.90 Å². The topological polar surface area (TPSA) is 105 Å².